The van der Waals surface area contributed by atoms with Crippen LogP contribution >= 0.6 is 0 Å². The van der Waals surface area contributed by atoms with Gasteiger partial charge in [0.15, 0.2) is 5.78 Å². The molecule has 234 valence electrons. The van der Waals surface area contributed by atoms with E-state index >= 15 is 0 Å². The third-order valence-electron chi connectivity index (χ3n) is 7.87. The van der Waals surface area contributed by atoms with Crippen LogP contribution in [-0.4, -0.2) is 54.6 Å². The molecular formula is C33H41F4N3O3. The van der Waals surface area contributed by atoms with E-state index in [-0.39, 0.29) is 48.3 Å². The summed E-state index contributed by atoms with van der Waals surface area (Å²) < 4.78 is 61.1. The first-order valence-electron chi connectivity index (χ1n) is 15.3. The molecule has 3 aliphatic rings. The molecule has 1 amide bonds. The summed E-state index contributed by atoms with van der Waals surface area (Å²) in [5.74, 6) is -1.93. The summed E-state index contributed by atoms with van der Waals surface area (Å²) in [5.41, 5.74) is -0.246. The largest absolute Gasteiger partial charge is 0.494 e. The molecule has 0 radical (unpaired) electrons. The van der Waals surface area contributed by atoms with Crippen molar-refractivity contribution in [1.82, 2.24) is 10.2 Å². The third-order valence-corrected chi connectivity index (χ3v) is 7.87. The zero-order chi connectivity index (χ0) is 31.0. The molecule has 4 rings (SSSR count). The van der Waals surface area contributed by atoms with Crippen molar-refractivity contribution in [2.75, 3.05) is 26.2 Å². The third kappa shape index (κ3) is 9.36. The molecular weight excluding hydrogens is 562 g/mol. The van der Waals surface area contributed by atoms with E-state index < -0.39 is 23.5 Å². The van der Waals surface area contributed by atoms with Gasteiger partial charge in [0.05, 0.1) is 23.6 Å². The van der Waals surface area contributed by atoms with Crippen LogP contribution in [0.2, 0.25) is 0 Å². The summed E-state index contributed by atoms with van der Waals surface area (Å²) >= 11 is 0. The Morgan fingerprint density at radius 1 is 1.19 bits per heavy atom. The van der Waals surface area contributed by atoms with Crippen LogP contribution in [0, 0.1) is 11.7 Å². The van der Waals surface area contributed by atoms with E-state index in [1.165, 1.54) is 25.3 Å². The van der Waals surface area contributed by atoms with E-state index in [0.717, 1.165) is 38.2 Å². The normalized spacial score (nSPS) is 22.1. The number of carbonyl (C=O) groups excluding carboxylic acids is 2. The summed E-state index contributed by atoms with van der Waals surface area (Å²) in [7, 11) is 0. The first-order chi connectivity index (χ1) is 20.5. The average molecular weight is 604 g/mol. The van der Waals surface area contributed by atoms with Gasteiger partial charge in [-0.3, -0.25) is 14.6 Å². The molecule has 1 atom stereocenters. The smallest absolute Gasteiger partial charge is 0.419 e. The van der Waals surface area contributed by atoms with E-state index in [4.69, 9.17) is 9.73 Å². The number of alkyl halides is 3. The molecule has 1 aromatic rings. The Balaban J connectivity index is 1.63. The second-order valence-electron chi connectivity index (χ2n) is 11.7. The molecule has 43 heavy (non-hydrogen) atoms. The Labute approximate surface area is 251 Å². The molecule has 2 heterocycles. The number of benzene rings is 1. The lowest BCUT2D eigenvalue weighted by Crippen LogP contribution is -2.31. The van der Waals surface area contributed by atoms with Crippen LogP contribution in [0.1, 0.15) is 82.8 Å². The van der Waals surface area contributed by atoms with Crippen LogP contribution in [-0.2, 0) is 20.5 Å². The number of aliphatic imine (C=N–C) groups is 1. The molecule has 1 N–H and O–H groups in total. The molecule has 0 bridgehead atoms. The summed E-state index contributed by atoms with van der Waals surface area (Å²) in [6, 6.07) is 2.71. The molecule has 0 spiro atoms. The quantitative estimate of drug-likeness (QED) is 0.233. The van der Waals surface area contributed by atoms with Gasteiger partial charge in [-0.25, -0.2) is 4.39 Å². The van der Waals surface area contributed by atoms with Crippen LogP contribution in [0.15, 0.2) is 58.4 Å². The molecule has 6 nitrogen and oxygen atoms in total. The van der Waals surface area contributed by atoms with E-state index in [1.54, 1.807) is 6.08 Å². The number of ketones is 1. The lowest BCUT2D eigenvalue weighted by atomic mass is 9.86. The van der Waals surface area contributed by atoms with Gasteiger partial charge in [-0.2, -0.15) is 13.2 Å². The molecule has 10 heteroatoms. The number of amides is 1. The predicted octanol–water partition coefficient (Wildman–Crippen LogP) is 6.91. The van der Waals surface area contributed by atoms with Crippen molar-refractivity contribution in [3.05, 3.63) is 70.4 Å². The summed E-state index contributed by atoms with van der Waals surface area (Å²) in [4.78, 5) is 33.4. The van der Waals surface area contributed by atoms with Crippen molar-refractivity contribution >= 4 is 17.4 Å². The number of halogens is 4. The first-order valence-corrected chi connectivity index (χ1v) is 15.3. The minimum Gasteiger partial charge on any atom is -0.494 e. The standard InChI is InChI=1S/C33H41F4N3O3/c1-22(2)38-31(42)14-12-24-20-30(41)26-21-25(43-18-8-17-40-15-6-3-7-16-40)9-4-5-10-29(26)39-32(24)23-11-13-28(34)27(19-23)33(35,36)37/h4,9,11,13,19,21-22,24H,3,5-8,10,12,14-18,20H2,1-2H3,(H,38,42)/b9-4+,25-21+/t24-/m0/s1. The van der Waals surface area contributed by atoms with Gasteiger partial charge in [0, 0.05) is 36.9 Å². The van der Waals surface area contributed by atoms with Gasteiger partial charge in [-0.1, -0.05) is 18.6 Å². The van der Waals surface area contributed by atoms with Gasteiger partial charge < -0.3 is 15.0 Å². The van der Waals surface area contributed by atoms with E-state index in [1.807, 2.05) is 26.0 Å². The number of hydrogen-bond donors (Lipinski definition) is 1. The number of nitrogens with zero attached hydrogens (tertiary/aromatic N) is 2. The van der Waals surface area contributed by atoms with Crippen LogP contribution in [0.4, 0.5) is 17.6 Å². The zero-order valence-corrected chi connectivity index (χ0v) is 24.9. The number of rotatable bonds is 10. The molecule has 1 fully saturated rings. The van der Waals surface area contributed by atoms with Crippen molar-refractivity contribution in [2.45, 2.75) is 83.9 Å². The number of carbonyl (C=O) groups is 2. The van der Waals surface area contributed by atoms with Crippen molar-refractivity contribution in [2.24, 2.45) is 10.9 Å². The molecule has 0 unspecified atom stereocenters. The van der Waals surface area contributed by atoms with Crippen molar-refractivity contribution in [3.8, 4) is 0 Å². The van der Waals surface area contributed by atoms with Crippen LogP contribution < -0.4 is 5.32 Å². The fourth-order valence-corrected chi connectivity index (χ4v) is 5.74. The highest BCUT2D eigenvalue weighted by atomic mass is 19.4. The number of hydrogen-bond acceptors (Lipinski definition) is 5. The summed E-state index contributed by atoms with van der Waals surface area (Å²) in [6.07, 6.45) is 6.27. The molecule has 2 aliphatic heterocycles. The lowest BCUT2D eigenvalue weighted by Gasteiger charge is -2.26. The Hall–Kier alpha value is -3.27. The topological polar surface area (TPSA) is 71.0 Å². The summed E-state index contributed by atoms with van der Waals surface area (Å²) in [6.45, 7) is 7.30. The number of piperidine rings is 1. The van der Waals surface area contributed by atoms with Crippen LogP contribution in [0.5, 0.6) is 0 Å². The SMILES string of the molecule is CC(C)NC(=O)CC[C@H]1CC(=O)C2=C(CC/C=C/C(OCCCN3CCCCC3)=C\2)N=C1c1ccc(F)c(C(F)(F)F)c1. The Morgan fingerprint density at radius 3 is 2.67 bits per heavy atom. The highest BCUT2D eigenvalue weighted by Crippen LogP contribution is 2.35. The highest BCUT2D eigenvalue weighted by Gasteiger charge is 2.36. The summed E-state index contributed by atoms with van der Waals surface area (Å²) in [5, 5.41) is 2.81. The number of ether oxygens (including phenoxy) is 1. The number of likely N-dealkylation sites (tertiary alicyclic amines) is 1. The van der Waals surface area contributed by atoms with E-state index in [9.17, 15) is 27.2 Å². The predicted molar refractivity (Wildman–Crippen MR) is 158 cm³/mol. The number of nitrogens with one attached hydrogen (secondary N) is 1. The van der Waals surface area contributed by atoms with Crippen molar-refractivity contribution in [1.29, 1.82) is 0 Å². The van der Waals surface area contributed by atoms with Gasteiger partial charge in [-0.05, 0) is 95.3 Å². The zero-order valence-electron chi connectivity index (χ0n) is 24.9. The first kappa shape index (κ1) is 32.6. The minimum absolute atomic E-state index is 0.0478. The van der Waals surface area contributed by atoms with E-state index in [0.29, 0.717) is 36.5 Å². The Morgan fingerprint density at radius 2 is 1.95 bits per heavy atom. The van der Waals surface area contributed by atoms with Crippen LogP contribution in [0.3, 0.4) is 0 Å². The molecule has 1 aromatic carbocycles. The second kappa shape index (κ2) is 14.9. The highest BCUT2D eigenvalue weighted by molar-refractivity contribution is 6.10. The maximum absolute atomic E-state index is 14.2. The maximum Gasteiger partial charge on any atom is 0.419 e. The number of allylic oxidation sites excluding steroid dienone is 5. The second-order valence-corrected chi connectivity index (χ2v) is 11.7. The van der Waals surface area contributed by atoms with Crippen molar-refractivity contribution in [3.63, 3.8) is 0 Å². The molecule has 1 saturated heterocycles. The van der Waals surface area contributed by atoms with Gasteiger partial charge in [0.2, 0.25) is 5.91 Å². The fourth-order valence-electron chi connectivity index (χ4n) is 5.74. The minimum atomic E-state index is -4.90. The van der Waals surface area contributed by atoms with Crippen LogP contribution in [0.25, 0.3) is 0 Å². The van der Waals surface area contributed by atoms with Gasteiger partial charge >= 0.3 is 6.18 Å². The fraction of sp³-hybridized carbons (Fsp3) is 0.545. The van der Waals surface area contributed by atoms with Gasteiger partial charge in [0.25, 0.3) is 0 Å². The molecule has 1 aliphatic carbocycles. The van der Waals surface area contributed by atoms with Crippen molar-refractivity contribution < 1.29 is 31.9 Å². The van der Waals surface area contributed by atoms with E-state index in [2.05, 4.69) is 10.2 Å². The Kier molecular flexibility index (Phi) is 11.3. The monoisotopic (exact) mass is 603 g/mol. The number of Topliss-reactive ketones (excluding diaryl/α,β-unsaturated/α-hetero) is 1. The molecule has 0 saturated carbocycles. The van der Waals surface area contributed by atoms with Gasteiger partial charge in [0.1, 0.15) is 11.6 Å². The van der Waals surface area contributed by atoms with Gasteiger partial charge in [-0.15, -0.1) is 0 Å². The average Bonchev–Trinajstić information content (AvgIpc) is 3.06. The lowest BCUT2D eigenvalue weighted by molar-refractivity contribution is -0.140. The maximum atomic E-state index is 14.2. The molecule has 0 aromatic heterocycles. The Bertz CT molecular complexity index is 1290.